The first-order valence-electron chi connectivity index (χ1n) is 7.02. The van der Waals surface area contributed by atoms with Gasteiger partial charge in [-0.3, -0.25) is 9.59 Å². The maximum absolute atomic E-state index is 11.9. The van der Waals surface area contributed by atoms with Gasteiger partial charge in [-0.25, -0.2) is 0 Å². The van der Waals surface area contributed by atoms with Gasteiger partial charge in [-0.05, 0) is 38.0 Å². The van der Waals surface area contributed by atoms with Gasteiger partial charge in [-0.15, -0.1) is 0 Å². The minimum absolute atomic E-state index is 0.169. The van der Waals surface area contributed by atoms with Gasteiger partial charge in [0.15, 0.2) is 0 Å². The number of anilines is 1. The van der Waals surface area contributed by atoms with E-state index in [4.69, 9.17) is 10.5 Å². The van der Waals surface area contributed by atoms with Gasteiger partial charge in [0.25, 0.3) is 5.91 Å². The van der Waals surface area contributed by atoms with Crippen LogP contribution in [0, 0.1) is 0 Å². The average molecular weight is 293 g/mol. The lowest BCUT2D eigenvalue weighted by atomic mass is 10.1. The van der Waals surface area contributed by atoms with Crippen molar-refractivity contribution in [3.63, 3.8) is 0 Å². The zero-order valence-corrected chi connectivity index (χ0v) is 12.5. The van der Waals surface area contributed by atoms with E-state index in [1.54, 1.807) is 31.4 Å². The highest BCUT2D eigenvalue weighted by Crippen LogP contribution is 2.11. The van der Waals surface area contributed by atoms with Gasteiger partial charge in [-0.1, -0.05) is 6.07 Å². The molecule has 0 aliphatic carbocycles. The van der Waals surface area contributed by atoms with Crippen LogP contribution in [0.3, 0.4) is 0 Å². The van der Waals surface area contributed by atoms with Crippen LogP contribution >= 0.6 is 0 Å². The number of nitrogens with one attached hydrogen (secondary N) is 2. The first-order chi connectivity index (χ1) is 10.1. The molecule has 0 saturated carbocycles. The largest absolute Gasteiger partial charge is 0.385 e. The molecule has 1 aromatic rings. The average Bonchev–Trinajstić information content (AvgIpc) is 2.48. The lowest BCUT2D eigenvalue weighted by Crippen LogP contribution is -2.35. The number of methoxy groups -OCH3 is 1. The maximum Gasteiger partial charge on any atom is 0.251 e. The molecule has 0 radical (unpaired) electrons. The molecule has 21 heavy (non-hydrogen) atoms. The number of hydrogen-bond acceptors (Lipinski definition) is 4. The Bertz CT molecular complexity index is 477. The van der Waals surface area contributed by atoms with Crippen LogP contribution in [-0.2, 0) is 9.53 Å². The van der Waals surface area contributed by atoms with E-state index in [0.29, 0.717) is 30.8 Å². The van der Waals surface area contributed by atoms with Gasteiger partial charge in [0.1, 0.15) is 0 Å². The minimum atomic E-state index is -0.590. The molecule has 0 saturated heterocycles. The Morgan fingerprint density at radius 2 is 2.14 bits per heavy atom. The maximum atomic E-state index is 11.9. The number of carbonyl (C=O) groups is 2. The van der Waals surface area contributed by atoms with Crippen LogP contribution in [0.4, 0.5) is 5.69 Å². The first-order valence-corrected chi connectivity index (χ1v) is 7.02. The van der Waals surface area contributed by atoms with Crippen molar-refractivity contribution < 1.29 is 14.3 Å². The van der Waals surface area contributed by atoms with E-state index in [-0.39, 0.29) is 11.8 Å². The molecule has 0 heterocycles. The van der Waals surface area contributed by atoms with E-state index in [0.717, 1.165) is 6.42 Å². The third-order valence-electron chi connectivity index (χ3n) is 2.93. The summed E-state index contributed by atoms with van der Waals surface area (Å²) >= 11 is 0. The van der Waals surface area contributed by atoms with Crippen LogP contribution < -0.4 is 16.4 Å². The molecule has 2 amide bonds. The van der Waals surface area contributed by atoms with E-state index in [1.165, 1.54) is 0 Å². The van der Waals surface area contributed by atoms with Crippen molar-refractivity contribution in [1.29, 1.82) is 0 Å². The van der Waals surface area contributed by atoms with Crippen molar-refractivity contribution in [2.75, 3.05) is 25.6 Å². The summed E-state index contributed by atoms with van der Waals surface area (Å²) in [6.45, 7) is 2.98. The lowest BCUT2D eigenvalue weighted by molar-refractivity contribution is -0.117. The lowest BCUT2D eigenvalue weighted by Gasteiger charge is -2.12. The van der Waals surface area contributed by atoms with Crippen molar-refractivity contribution in [2.24, 2.45) is 5.73 Å². The second-order valence-electron chi connectivity index (χ2n) is 4.67. The van der Waals surface area contributed by atoms with Gasteiger partial charge in [-0.2, -0.15) is 0 Å². The molecule has 0 fully saturated rings. The Morgan fingerprint density at radius 3 is 2.81 bits per heavy atom. The van der Waals surface area contributed by atoms with Crippen molar-refractivity contribution >= 4 is 17.5 Å². The van der Waals surface area contributed by atoms with Crippen molar-refractivity contribution in [1.82, 2.24) is 5.32 Å². The fraction of sp³-hybridized carbons (Fsp3) is 0.467. The smallest absolute Gasteiger partial charge is 0.251 e. The van der Waals surface area contributed by atoms with Gasteiger partial charge in [0.2, 0.25) is 5.91 Å². The van der Waals surface area contributed by atoms with Gasteiger partial charge in [0, 0.05) is 31.5 Å². The molecule has 116 valence electrons. The Morgan fingerprint density at radius 1 is 1.38 bits per heavy atom. The molecule has 1 unspecified atom stereocenters. The number of rotatable bonds is 8. The topological polar surface area (TPSA) is 93.5 Å². The molecule has 0 aliphatic rings. The highest BCUT2D eigenvalue weighted by molar-refractivity contribution is 5.98. The fourth-order valence-electron chi connectivity index (χ4n) is 1.81. The van der Waals surface area contributed by atoms with E-state index >= 15 is 0 Å². The van der Waals surface area contributed by atoms with E-state index in [1.807, 2.05) is 6.92 Å². The number of nitrogens with two attached hydrogens (primary N) is 1. The summed E-state index contributed by atoms with van der Waals surface area (Å²) in [5.74, 6) is -0.433. The predicted octanol–water partition coefficient (Wildman–Crippen LogP) is 1.13. The molecule has 1 aromatic carbocycles. The van der Waals surface area contributed by atoms with Crippen molar-refractivity contribution in [2.45, 2.75) is 25.8 Å². The van der Waals surface area contributed by atoms with E-state index in [2.05, 4.69) is 10.6 Å². The van der Waals surface area contributed by atoms with Crippen molar-refractivity contribution in [3.8, 4) is 0 Å². The Labute approximate surface area is 125 Å². The third kappa shape index (κ3) is 5.93. The Balaban J connectivity index is 2.59. The van der Waals surface area contributed by atoms with Gasteiger partial charge < -0.3 is 21.1 Å². The molecule has 1 rings (SSSR count). The van der Waals surface area contributed by atoms with E-state index in [9.17, 15) is 9.59 Å². The molecule has 6 heteroatoms. The molecule has 0 spiro atoms. The summed E-state index contributed by atoms with van der Waals surface area (Å²) in [7, 11) is 1.61. The van der Waals surface area contributed by atoms with Crippen LogP contribution in [-0.4, -0.2) is 38.1 Å². The first kappa shape index (κ1) is 17.1. The number of carbonyl (C=O) groups excluding carboxylic acids is 2. The molecule has 0 bridgehead atoms. The van der Waals surface area contributed by atoms with Crippen molar-refractivity contribution in [3.05, 3.63) is 29.8 Å². The summed E-state index contributed by atoms with van der Waals surface area (Å²) in [5.41, 5.74) is 6.87. The molecule has 0 aliphatic heterocycles. The molecule has 0 aromatic heterocycles. The molecule has 4 N–H and O–H groups in total. The summed E-state index contributed by atoms with van der Waals surface area (Å²) in [6, 6.07) is 6.18. The summed E-state index contributed by atoms with van der Waals surface area (Å²) in [6.07, 6.45) is 1.28. The number of amides is 2. The highest BCUT2D eigenvalue weighted by atomic mass is 16.5. The van der Waals surface area contributed by atoms with Crippen LogP contribution in [0.5, 0.6) is 0 Å². The van der Waals surface area contributed by atoms with Crippen LogP contribution in [0.25, 0.3) is 0 Å². The number of hydrogen-bond donors (Lipinski definition) is 3. The van der Waals surface area contributed by atoms with Gasteiger partial charge in [0.05, 0.1) is 6.04 Å². The Hall–Kier alpha value is -1.92. The standard InChI is InChI=1S/C15H23N3O3/c1-3-17-14(19)11-6-4-7-12(10-11)18-15(20)13(16)8-5-9-21-2/h4,6-7,10,13H,3,5,8-9,16H2,1-2H3,(H,17,19)(H,18,20). The SMILES string of the molecule is CCNC(=O)c1cccc(NC(=O)C(N)CCCOC)c1. The molecular weight excluding hydrogens is 270 g/mol. The molecule has 1 atom stereocenters. The van der Waals surface area contributed by atoms with Crippen LogP contribution in [0.2, 0.25) is 0 Å². The normalized spacial score (nSPS) is 11.8. The van der Waals surface area contributed by atoms with Crippen LogP contribution in [0.15, 0.2) is 24.3 Å². The molecule has 6 nitrogen and oxygen atoms in total. The quantitative estimate of drug-likeness (QED) is 0.626. The minimum Gasteiger partial charge on any atom is -0.385 e. The second-order valence-corrected chi connectivity index (χ2v) is 4.67. The number of ether oxygens (including phenoxy) is 1. The van der Waals surface area contributed by atoms with E-state index < -0.39 is 6.04 Å². The second kappa shape index (κ2) is 9.10. The third-order valence-corrected chi connectivity index (χ3v) is 2.93. The van der Waals surface area contributed by atoms with Crippen LogP contribution in [0.1, 0.15) is 30.1 Å². The summed E-state index contributed by atoms with van der Waals surface area (Å²) in [5, 5.41) is 5.43. The Kier molecular flexibility index (Phi) is 7.42. The summed E-state index contributed by atoms with van der Waals surface area (Å²) in [4.78, 5) is 23.7. The fourth-order valence-corrected chi connectivity index (χ4v) is 1.81. The number of benzene rings is 1. The summed E-state index contributed by atoms with van der Waals surface area (Å²) < 4.78 is 4.92. The zero-order valence-electron chi connectivity index (χ0n) is 12.5. The predicted molar refractivity (Wildman–Crippen MR) is 82.2 cm³/mol. The molecular formula is C15H23N3O3. The van der Waals surface area contributed by atoms with Gasteiger partial charge >= 0.3 is 0 Å². The monoisotopic (exact) mass is 293 g/mol. The zero-order chi connectivity index (χ0) is 15.7. The highest BCUT2D eigenvalue weighted by Gasteiger charge is 2.14.